The van der Waals surface area contributed by atoms with Gasteiger partial charge in [-0.2, -0.15) is 0 Å². The summed E-state index contributed by atoms with van der Waals surface area (Å²) < 4.78 is 0. The van der Waals surface area contributed by atoms with Gasteiger partial charge in [0.15, 0.2) is 0 Å². The lowest BCUT2D eigenvalue weighted by Gasteiger charge is -2.43. The lowest BCUT2D eigenvalue weighted by molar-refractivity contribution is -0.511. The highest BCUT2D eigenvalue weighted by molar-refractivity contribution is 6.04. The number of carbonyl (C=O) groups excluding carboxylic acids is 8. The molecule has 83 heavy (non-hydrogen) atoms. The Morgan fingerprint density at radius 3 is 1.20 bits per heavy atom. The molecule has 7 unspecified atom stereocenters. The van der Waals surface area contributed by atoms with Crippen LogP contribution in [-0.2, 0) is 47.9 Å². The number of hydrogen-bond acceptors (Lipinski definition) is 14. The van der Waals surface area contributed by atoms with Crippen LogP contribution in [0.25, 0.3) is 0 Å². The second-order valence-corrected chi connectivity index (χ2v) is 26.2. The molecular weight excluding hydrogens is 1070 g/mol. The van der Waals surface area contributed by atoms with Crippen molar-refractivity contribution in [1.29, 1.82) is 0 Å². The summed E-state index contributed by atoms with van der Waals surface area (Å²) in [6.45, 7) is 45.6. The smallest absolute Gasteiger partial charge is 0.862 e. The van der Waals surface area contributed by atoms with Crippen LogP contribution in [0, 0.1) is 82.9 Å². The third-order valence-corrected chi connectivity index (χ3v) is 13.7. The molecule has 21 nitrogen and oxygen atoms in total. The topological polar surface area (TPSA) is 366 Å². The molecule has 0 radical (unpaired) electrons. The summed E-state index contributed by atoms with van der Waals surface area (Å²) in [7, 11) is 0. The number of hydrogen-bond donors (Lipinski definition) is 6. The molecule has 7 atom stereocenters. The first-order valence-corrected chi connectivity index (χ1v) is 29.9. The van der Waals surface area contributed by atoms with E-state index in [0.29, 0.717) is 31.1 Å². The Hall–Kier alpha value is -5.31. The molecule has 484 valence electrons. The van der Waals surface area contributed by atoms with Crippen molar-refractivity contribution in [3.05, 3.63) is 0 Å². The van der Waals surface area contributed by atoms with Crippen LogP contribution in [-0.4, -0.2) is 115 Å². The molecule has 21 heteroatoms. The summed E-state index contributed by atoms with van der Waals surface area (Å²) in [6, 6.07) is -0.0850. The van der Waals surface area contributed by atoms with Crippen molar-refractivity contribution in [1.82, 2.24) is 15.1 Å². The quantitative estimate of drug-likeness (QED) is 0.0218. The van der Waals surface area contributed by atoms with E-state index in [2.05, 4.69) is 10.3 Å². The van der Waals surface area contributed by atoms with Gasteiger partial charge in [-0.25, -0.2) is 0 Å². The second kappa shape index (κ2) is 40.9. The van der Waals surface area contributed by atoms with Gasteiger partial charge in [-0.15, -0.1) is 0 Å². The molecule has 6 amide bonds. The van der Waals surface area contributed by atoms with E-state index in [-0.39, 0.29) is 170 Å². The molecule has 2 heterocycles. The van der Waals surface area contributed by atoms with Crippen molar-refractivity contribution in [3.63, 3.8) is 0 Å². The van der Waals surface area contributed by atoms with Gasteiger partial charge in [-0.1, -0.05) is 111 Å². The van der Waals surface area contributed by atoms with Crippen molar-refractivity contribution in [2.75, 3.05) is 0 Å². The minimum atomic E-state index is -1.71. The van der Waals surface area contributed by atoms with Crippen LogP contribution in [0.2, 0.25) is 0 Å². The number of aliphatic carboxylic acids is 2. The zero-order valence-corrected chi connectivity index (χ0v) is 55.4. The average Bonchev–Trinajstić information content (AvgIpc) is 3.74. The third kappa shape index (κ3) is 35.6. The summed E-state index contributed by atoms with van der Waals surface area (Å²) in [4.78, 5) is 119. The van der Waals surface area contributed by atoms with Gasteiger partial charge in [0.05, 0.1) is 12.3 Å². The van der Waals surface area contributed by atoms with E-state index in [1.807, 2.05) is 152 Å². The molecule has 0 spiro atoms. The summed E-state index contributed by atoms with van der Waals surface area (Å²) in [6.07, 6.45) is 1.94. The lowest BCUT2D eigenvalue weighted by atomic mass is 9.85. The molecule has 0 aromatic heterocycles. The van der Waals surface area contributed by atoms with Gasteiger partial charge < -0.3 is 52.8 Å². The van der Waals surface area contributed by atoms with Gasteiger partial charge in [-0.05, 0) is 121 Å². The minimum absolute atomic E-state index is 0. The number of likely N-dealkylation sites (tertiary alicyclic amines) is 2. The van der Waals surface area contributed by atoms with Crippen LogP contribution in [0.15, 0.2) is 4.99 Å². The highest BCUT2D eigenvalue weighted by Crippen LogP contribution is 2.33. The van der Waals surface area contributed by atoms with Gasteiger partial charge in [0.25, 0.3) is 0 Å². The van der Waals surface area contributed by atoms with Crippen molar-refractivity contribution < 1.29 is 69.8 Å². The van der Waals surface area contributed by atoms with Crippen LogP contribution in [0.5, 0.6) is 0 Å². The number of carboxylic acid groups (broad SMARTS) is 2. The number of primary amides is 2. The Bertz CT molecular complexity index is 2020. The molecule has 2 aliphatic rings. The number of rotatable bonds is 26. The number of Topliss-reactive ketones (excluding diaryl/α,β-unsaturated/α-hetero) is 2. The normalized spacial score (nSPS) is 18.6. The number of nitrogens with zero attached hydrogens (tertiary/aromatic N) is 3. The first-order chi connectivity index (χ1) is 37.6. The fourth-order valence-corrected chi connectivity index (χ4v) is 9.14. The SMILES string of the molecule is CC(C)C1CC(=O)N(C(C)C)C1=O.CC(C)C1CC(N)([O-])N(C(C)C)C1=O.CC(C)CC(=O)C(CC(=O)O)C(C)C.CC(C)CC(=O)C(CC(N)=O)C(C)C.CC(C)N=C([O-])C(CC(N)=O)C(C)C.CC(C)NC(=O)CC(C(=O)O)C(C)C.[H+]. The molecule has 0 saturated carbocycles. The summed E-state index contributed by atoms with van der Waals surface area (Å²) in [5.41, 5.74) is 15.8. The maximum absolute atomic E-state index is 11.9. The van der Waals surface area contributed by atoms with E-state index < -0.39 is 29.6 Å². The molecule has 0 aliphatic carbocycles. The summed E-state index contributed by atoms with van der Waals surface area (Å²) in [5, 5.41) is 43.6. The zero-order chi connectivity index (χ0) is 66.5. The zero-order valence-electron chi connectivity index (χ0n) is 56.4. The van der Waals surface area contributed by atoms with Crippen molar-refractivity contribution >= 4 is 64.8 Å². The number of carbonyl (C=O) groups is 10. The van der Waals surface area contributed by atoms with Gasteiger partial charge in [-0.3, -0.25) is 52.8 Å². The molecule has 2 aliphatic heterocycles. The maximum atomic E-state index is 11.9. The molecule has 0 aromatic carbocycles. The van der Waals surface area contributed by atoms with Crippen molar-refractivity contribution in [2.24, 2.45) is 105 Å². The van der Waals surface area contributed by atoms with Crippen LogP contribution in [0.1, 0.15) is 219 Å². The van der Waals surface area contributed by atoms with Crippen molar-refractivity contribution in [3.8, 4) is 0 Å². The standard InChI is InChI=1S/C11H21NO2.C11H20O3.C10H19N2O2.C10H20N2O2.C10H19NO3.C10H17NO2/c1-7(2)5-10(13)9(8(3)4)6-11(12)14;1-7(2)5-10(12)9(8(3)4)6-11(13)14;1-6(2)8-5-10(11,14)12(7(3)4)9(8)13;1-6(2)8(5-9(11)13)10(14)12-7(3)4;1-6(2)8(10(13)14)5-9(12)11-7(3)4;1-6(2)8-5-9(12)11(7(3)4)10(8)13/h7-9H,5-6H2,1-4H3,(H2,12,14);7-9H,5-6H2,1-4H3,(H,13,14);6-8H,5,11H2,1-4H3;6-8H,5H2,1-4H3,(H2,11,13)(H,12,14);6-8H,5H2,1-4H3,(H,11,12)(H,13,14);6-8H,5H2,1-4H3/q;;-1;;;. The molecule has 9 N–H and O–H groups in total. The Labute approximate surface area is 500 Å². The van der Waals surface area contributed by atoms with Crippen LogP contribution in [0.3, 0.4) is 0 Å². The van der Waals surface area contributed by atoms with E-state index in [1.54, 1.807) is 13.8 Å². The maximum Gasteiger partial charge on any atom is 1.00 e. The number of aliphatic imine (C=N–C) groups is 1. The number of amides is 6. The van der Waals surface area contributed by atoms with Gasteiger partial charge in [0, 0.05) is 92.2 Å². The average molecular weight is 1180 g/mol. The summed E-state index contributed by atoms with van der Waals surface area (Å²) >= 11 is 0. The number of nitrogens with two attached hydrogens (primary N) is 3. The Balaban J connectivity index is -0.000000297. The molecule has 0 aromatic rings. The van der Waals surface area contributed by atoms with Crippen molar-refractivity contribution in [2.45, 2.75) is 248 Å². The largest absolute Gasteiger partial charge is 1.00 e. The monoisotopic (exact) mass is 1180 g/mol. The second-order valence-electron chi connectivity index (χ2n) is 26.2. The van der Waals surface area contributed by atoms with Crippen LogP contribution in [0.4, 0.5) is 0 Å². The Morgan fingerprint density at radius 1 is 0.578 bits per heavy atom. The van der Waals surface area contributed by atoms with E-state index in [9.17, 15) is 58.2 Å². The fourth-order valence-electron chi connectivity index (χ4n) is 9.14. The van der Waals surface area contributed by atoms with Gasteiger partial charge in [0.1, 0.15) is 11.6 Å². The first-order valence-electron chi connectivity index (χ1n) is 29.9. The number of ketones is 2. The molecule has 2 saturated heterocycles. The van der Waals surface area contributed by atoms with Crippen LogP contribution < -0.4 is 32.7 Å². The van der Waals surface area contributed by atoms with E-state index in [0.717, 1.165) is 0 Å². The number of imide groups is 1. The highest BCUT2D eigenvalue weighted by Gasteiger charge is 2.44. The van der Waals surface area contributed by atoms with Gasteiger partial charge >= 0.3 is 13.4 Å². The molecule has 2 fully saturated rings. The first kappa shape index (κ1) is 84.1. The number of carboxylic acids is 2. The van der Waals surface area contributed by atoms with Crippen LogP contribution >= 0.6 is 0 Å². The molecule has 2 rings (SSSR count). The van der Waals surface area contributed by atoms with E-state index in [4.69, 9.17) is 27.4 Å². The summed E-state index contributed by atoms with van der Waals surface area (Å²) in [5.74, 6) is -4.91. The Kier molecular flexibility index (Phi) is 41.4. The van der Waals surface area contributed by atoms with E-state index >= 15 is 0 Å². The number of nitrogens with one attached hydrogen (secondary N) is 1. The predicted molar refractivity (Wildman–Crippen MR) is 323 cm³/mol. The minimum Gasteiger partial charge on any atom is -0.862 e. The van der Waals surface area contributed by atoms with E-state index in [1.165, 1.54) is 9.80 Å². The molecular formula is C62H116N7O14-. The lowest BCUT2D eigenvalue weighted by Crippen LogP contribution is -2.64. The Morgan fingerprint density at radius 2 is 0.964 bits per heavy atom. The fraction of sp³-hybridized carbons (Fsp3) is 0.823. The predicted octanol–water partition coefficient (Wildman–Crippen LogP) is 7.07. The highest BCUT2D eigenvalue weighted by atomic mass is 16.4. The third-order valence-electron chi connectivity index (χ3n) is 13.7. The van der Waals surface area contributed by atoms with Gasteiger partial charge in [0.2, 0.25) is 35.4 Å². The molecule has 0 bridgehead atoms.